The van der Waals surface area contributed by atoms with Crippen molar-refractivity contribution in [3.8, 4) is 5.75 Å². The lowest BCUT2D eigenvalue weighted by molar-refractivity contribution is -0.119. The van der Waals surface area contributed by atoms with E-state index in [1.807, 2.05) is 24.3 Å². The van der Waals surface area contributed by atoms with Gasteiger partial charge in [0.05, 0.1) is 37.0 Å². The molecule has 0 N–H and O–H groups in total. The van der Waals surface area contributed by atoms with Gasteiger partial charge in [-0.1, -0.05) is 22.9 Å². The molecule has 1 saturated heterocycles. The fourth-order valence-electron chi connectivity index (χ4n) is 3.19. The number of hydrazone groups is 1. The van der Waals surface area contributed by atoms with Crippen LogP contribution in [0, 0.1) is 0 Å². The van der Waals surface area contributed by atoms with Crippen LogP contribution in [-0.4, -0.2) is 55.5 Å². The molecule has 1 aromatic heterocycles. The van der Waals surface area contributed by atoms with Crippen molar-refractivity contribution in [3.63, 3.8) is 0 Å². The molecular weight excluding hydrogens is 388 g/mol. The summed E-state index contributed by atoms with van der Waals surface area (Å²) in [6, 6.07) is 7.41. The zero-order valence-corrected chi connectivity index (χ0v) is 16.4. The van der Waals surface area contributed by atoms with Crippen molar-refractivity contribution in [2.24, 2.45) is 5.10 Å². The van der Waals surface area contributed by atoms with E-state index in [-0.39, 0.29) is 6.04 Å². The molecule has 9 heteroatoms. The molecule has 3 heterocycles. The predicted molar refractivity (Wildman–Crippen MR) is 105 cm³/mol. The van der Waals surface area contributed by atoms with E-state index < -0.39 is 0 Å². The molecule has 7 nitrogen and oxygen atoms in total. The minimum absolute atomic E-state index is 0.237. The maximum Gasteiger partial charge on any atom is 0.230 e. The van der Waals surface area contributed by atoms with Gasteiger partial charge in [0.1, 0.15) is 10.9 Å². The first-order valence-electron chi connectivity index (χ1n) is 8.64. The molecule has 0 spiro atoms. The Hall–Kier alpha value is -2.16. The van der Waals surface area contributed by atoms with Crippen LogP contribution < -0.4 is 9.64 Å². The molecular formula is C18H19ClN4O3S. The lowest BCUT2D eigenvalue weighted by Crippen LogP contribution is -2.36. The number of methoxy groups -OCH3 is 1. The van der Waals surface area contributed by atoms with Crippen molar-refractivity contribution < 1.29 is 14.3 Å². The summed E-state index contributed by atoms with van der Waals surface area (Å²) in [5.41, 5.74) is 1.80. The molecule has 0 aliphatic carbocycles. The number of hydrogen-bond donors (Lipinski definition) is 0. The van der Waals surface area contributed by atoms with Gasteiger partial charge in [0.15, 0.2) is 5.13 Å². The third-order valence-corrected chi connectivity index (χ3v) is 6.27. The van der Waals surface area contributed by atoms with E-state index >= 15 is 0 Å². The van der Waals surface area contributed by atoms with Gasteiger partial charge in [-0.05, 0) is 29.8 Å². The fourth-order valence-corrected chi connectivity index (χ4v) is 4.67. The quantitative estimate of drug-likeness (QED) is 0.714. The minimum atomic E-state index is -0.237. The summed E-state index contributed by atoms with van der Waals surface area (Å²) < 4.78 is 10.6. The Morgan fingerprint density at radius 2 is 2.04 bits per heavy atom. The van der Waals surface area contributed by atoms with Crippen molar-refractivity contribution in [3.05, 3.63) is 39.9 Å². The molecule has 0 radical (unpaired) electrons. The van der Waals surface area contributed by atoms with Crippen LogP contribution in [0.2, 0.25) is 5.15 Å². The lowest BCUT2D eigenvalue weighted by atomic mass is 10.0. The number of benzene rings is 1. The van der Waals surface area contributed by atoms with Gasteiger partial charge in [-0.25, -0.2) is 9.99 Å². The number of hydrogen-bond acceptors (Lipinski definition) is 7. The SMILES string of the molecule is COc1ccc(C2=NN(C=O)C(c3sc(N4CCOCC4)nc3Cl)C2)cc1. The normalized spacial score (nSPS) is 19.9. The maximum atomic E-state index is 11.6. The molecule has 0 bridgehead atoms. The van der Waals surface area contributed by atoms with Crippen LogP contribution in [0.25, 0.3) is 0 Å². The number of amides is 1. The number of rotatable bonds is 5. The Kier molecular flexibility index (Phi) is 5.29. The van der Waals surface area contributed by atoms with Gasteiger partial charge < -0.3 is 14.4 Å². The van der Waals surface area contributed by atoms with Gasteiger partial charge in [-0.2, -0.15) is 5.10 Å². The Balaban J connectivity index is 1.57. The summed E-state index contributed by atoms with van der Waals surface area (Å²) in [7, 11) is 1.63. The van der Waals surface area contributed by atoms with Gasteiger partial charge in [0.2, 0.25) is 6.41 Å². The van der Waals surface area contributed by atoms with Gasteiger partial charge in [0.25, 0.3) is 0 Å². The molecule has 2 aliphatic heterocycles. The largest absolute Gasteiger partial charge is 0.497 e. The van der Waals surface area contributed by atoms with E-state index in [9.17, 15) is 4.79 Å². The van der Waals surface area contributed by atoms with Crippen LogP contribution in [0.1, 0.15) is 22.9 Å². The Bertz CT molecular complexity index is 849. The maximum absolute atomic E-state index is 11.6. The molecule has 0 saturated carbocycles. The summed E-state index contributed by atoms with van der Waals surface area (Å²) >= 11 is 7.95. The zero-order chi connectivity index (χ0) is 18.8. The molecule has 1 fully saturated rings. The number of nitrogens with zero attached hydrogens (tertiary/aromatic N) is 4. The van der Waals surface area contributed by atoms with Gasteiger partial charge in [-0.15, -0.1) is 0 Å². The van der Waals surface area contributed by atoms with Crippen LogP contribution in [-0.2, 0) is 9.53 Å². The Labute approximate surface area is 166 Å². The number of anilines is 1. The van der Waals surface area contributed by atoms with E-state index in [4.69, 9.17) is 21.1 Å². The smallest absolute Gasteiger partial charge is 0.230 e. The van der Waals surface area contributed by atoms with E-state index in [0.29, 0.717) is 24.8 Å². The molecule has 2 aromatic rings. The van der Waals surface area contributed by atoms with E-state index in [2.05, 4.69) is 15.0 Å². The third kappa shape index (κ3) is 3.65. The second-order valence-electron chi connectivity index (χ2n) is 6.23. The molecule has 1 amide bonds. The average molecular weight is 407 g/mol. The highest BCUT2D eigenvalue weighted by molar-refractivity contribution is 7.16. The summed E-state index contributed by atoms with van der Waals surface area (Å²) in [6.07, 6.45) is 1.33. The molecule has 4 rings (SSSR count). The molecule has 142 valence electrons. The second-order valence-corrected chi connectivity index (χ2v) is 7.60. The second kappa shape index (κ2) is 7.84. The number of carbonyl (C=O) groups is 1. The first-order valence-corrected chi connectivity index (χ1v) is 9.83. The summed E-state index contributed by atoms with van der Waals surface area (Å²) in [6.45, 7) is 2.94. The van der Waals surface area contributed by atoms with Gasteiger partial charge >= 0.3 is 0 Å². The van der Waals surface area contributed by atoms with Crippen LogP contribution in [0.5, 0.6) is 5.75 Å². The first kappa shape index (κ1) is 18.2. The fraction of sp³-hybridized carbons (Fsp3) is 0.389. The van der Waals surface area contributed by atoms with Crippen LogP contribution in [0.3, 0.4) is 0 Å². The van der Waals surface area contributed by atoms with Crippen molar-refractivity contribution in [2.75, 3.05) is 38.3 Å². The molecule has 2 aliphatic rings. The summed E-state index contributed by atoms with van der Waals surface area (Å²) in [5, 5.41) is 7.21. The highest BCUT2D eigenvalue weighted by Gasteiger charge is 2.33. The van der Waals surface area contributed by atoms with Crippen molar-refractivity contribution >= 4 is 40.2 Å². The number of aromatic nitrogens is 1. The van der Waals surface area contributed by atoms with E-state index in [1.54, 1.807) is 7.11 Å². The summed E-state index contributed by atoms with van der Waals surface area (Å²) in [5.74, 6) is 0.779. The topological polar surface area (TPSA) is 67.3 Å². The van der Waals surface area contributed by atoms with Gasteiger partial charge in [-0.3, -0.25) is 4.79 Å². The van der Waals surface area contributed by atoms with Crippen LogP contribution in [0.4, 0.5) is 5.13 Å². The molecule has 27 heavy (non-hydrogen) atoms. The predicted octanol–water partition coefficient (Wildman–Crippen LogP) is 2.95. The lowest BCUT2D eigenvalue weighted by Gasteiger charge is -2.26. The molecule has 1 atom stereocenters. The Morgan fingerprint density at radius 3 is 2.70 bits per heavy atom. The van der Waals surface area contributed by atoms with E-state index in [0.717, 1.165) is 46.5 Å². The highest BCUT2D eigenvalue weighted by Crippen LogP contribution is 2.41. The monoisotopic (exact) mass is 406 g/mol. The van der Waals surface area contributed by atoms with Crippen molar-refractivity contribution in [2.45, 2.75) is 12.5 Å². The standard InChI is InChI=1S/C18H19ClN4O3S/c1-25-13-4-2-12(3-5-13)14-10-15(23(11-24)21-14)16-17(19)20-18(27-16)22-6-8-26-9-7-22/h2-5,11,15H,6-10H2,1H3. The number of ether oxygens (including phenoxy) is 2. The first-order chi connectivity index (χ1) is 13.2. The van der Waals surface area contributed by atoms with Gasteiger partial charge in [0, 0.05) is 19.5 Å². The number of thiazole rings is 1. The number of halogens is 1. The number of carbonyl (C=O) groups excluding carboxylic acids is 1. The average Bonchev–Trinajstić information content (AvgIpc) is 3.32. The highest BCUT2D eigenvalue weighted by atomic mass is 35.5. The molecule has 1 unspecified atom stereocenters. The van der Waals surface area contributed by atoms with Crippen molar-refractivity contribution in [1.82, 2.24) is 9.99 Å². The number of morpholine rings is 1. The minimum Gasteiger partial charge on any atom is -0.497 e. The van der Waals surface area contributed by atoms with E-state index in [1.165, 1.54) is 16.3 Å². The third-order valence-electron chi connectivity index (χ3n) is 4.66. The van der Waals surface area contributed by atoms with Crippen LogP contribution in [0.15, 0.2) is 29.4 Å². The van der Waals surface area contributed by atoms with Crippen LogP contribution >= 0.6 is 22.9 Å². The summed E-state index contributed by atoms with van der Waals surface area (Å²) in [4.78, 5) is 19.1. The zero-order valence-electron chi connectivity index (χ0n) is 14.8. The Morgan fingerprint density at radius 1 is 1.30 bits per heavy atom. The molecule has 1 aromatic carbocycles. The van der Waals surface area contributed by atoms with Crippen molar-refractivity contribution in [1.29, 1.82) is 0 Å².